The second kappa shape index (κ2) is 6.59. The van der Waals surface area contributed by atoms with Crippen molar-refractivity contribution in [1.82, 2.24) is 15.5 Å². The molecule has 0 saturated heterocycles. The van der Waals surface area contributed by atoms with Crippen molar-refractivity contribution >= 4 is 27.3 Å². The van der Waals surface area contributed by atoms with Gasteiger partial charge < -0.3 is 5.32 Å². The molecule has 1 heterocycles. The third-order valence-electron chi connectivity index (χ3n) is 2.73. The summed E-state index contributed by atoms with van der Waals surface area (Å²) in [5.41, 5.74) is 2.38. The zero-order valence-corrected chi connectivity index (χ0v) is 13.8. The van der Waals surface area contributed by atoms with Gasteiger partial charge in [0.05, 0.1) is 0 Å². The molecule has 1 aromatic carbocycles. The van der Waals surface area contributed by atoms with Gasteiger partial charge in [0.1, 0.15) is 10.0 Å². The van der Waals surface area contributed by atoms with Crippen molar-refractivity contribution in [3.8, 4) is 10.6 Å². The molecule has 0 aliphatic heterocycles. The Kier molecular flexibility index (Phi) is 5.07. The van der Waals surface area contributed by atoms with E-state index in [1.165, 1.54) is 5.56 Å². The molecule has 19 heavy (non-hydrogen) atoms. The van der Waals surface area contributed by atoms with Crippen LogP contribution in [0.3, 0.4) is 0 Å². The van der Waals surface area contributed by atoms with E-state index >= 15 is 0 Å². The molecule has 0 spiro atoms. The molecule has 3 nitrogen and oxygen atoms in total. The molecule has 1 aromatic heterocycles. The minimum Gasteiger partial charge on any atom is -0.310 e. The lowest BCUT2D eigenvalue weighted by atomic mass is 10.1. The first-order valence-electron chi connectivity index (χ1n) is 6.36. The Labute approximate surface area is 126 Å². The van der Waals surface area contributed by atoms with Crippen LogP contribution in [0.15, 0.2) is 22.7 Å². The van der Waals surface area contributed by atoms with Gasteiger partial charge in [-0.3, -0.25) is 0 Å². The number of halogens is 1. The molecule has 5 heteroatoms. The summed E-state index contributed by atoms with van der Waals surface area (Å²) in [7, 11) is 0. The van der Waals surface area contributed by atoms with E-state index in [9.17, 15) is 0 Å². The van der Waals surface area contributed by atoms with Crippen molar-refractivity contribution in [3.63, 3.8) is 0 Å². The highest BCUT2D eigenvalue weighted by Crippen LogP contribution is 2.29. The molecule has 0 fully saturated rings. The average Bonchev–Trinajstić information content (AvgIpc) is 2.80. The number of rotatable bonds is 5. The summed E-state index contributed by atoms with van der Waals surface area (Å²) >= 11 is 5.16. The summed E-state index contributed by atoms with van der Waals surface area (Å²) in [5, 5.41) is 14.0. The van der Waals surface area contributed by atoms with E-state index in [2.05, 4.69) is 64.3 Å². The normalized spacial score (nSPS) is 11.2. The van der Waals surface area contributed by atoms with Crippen LogP contribution in [-0.2, 0) is 6.54 Å². The summed E-state index contributed by atoms with van der Waals surface area (Å²) in [6, 6.07) is 6.24. The summed E-state index contributed by atoms with van der Waals surface area (Å²) < 4.78 is 1.07. The van der Waals surface area contributed by atoms with Crippen molar-refractivity contribution in [2.24, 2.45) is 5.92 Å². The van der Waals surface area contributed by atoms with Gasteiger partial charge in [-0.25, -0.2) is 0 Å². The summed E-state index contributed by atoms with van der Waals surface area (Å²) in [4.78, 5) is 0. The molecular formula is C14H18BrN3S. The monoisotopic (exact) mass is 339 g/mol. The third kappa shape index (κ3) is 4.09. The molecule has 0 aliphatic rings. The van der Waals surface area contributed by atoms with Crippen LogP contribution in [0, 0.1) is 12.8 Å². The highest BCUT2D eigenvalue weighted by atomic mass is 79.9. The highest BCUT2D eigenvalue weighted by molar-refractivity contribution is 9.10. The number of aryl methyl sites for hydroxylation is 1. The predicted molar refractivity (Wildman–Crippen MR) is 84.3 cm³/mol. The van der Waals surface area contributed by atoms with E-state index in [0.29, 0.717) is 5.92 Å². The molecule has 0 amide bonds. The molecule has 0 atom stereocenters. The first-order valence-corrected chi connectivity index (χ1v) is 7.97. The number of aromatic nitrogens is 2. The van der Waals surface area contributed by atoms with Crippen molar-refractivity contribution in [2.45, 2.75) is 27.3 Å². The number of hydrogen-bond donors (Lipinski definition) is 1. The van der Waals surface area contributed by atoms with Crippen LogP contribution < -0.4 is 5.32 Å². The van der Waals surface area contributed by atoms with Crippen molar-refractivity contribution < 1.29 is 0 Å². The van der Waals surface area contributed by atoms with Crippen LogP contribution in [0.4, 0.5) is 0 Å². The topological polar surface area (TPSA) is 37.8 Å². The van der Waals surface area contributed by atoms with Gasteiger partial charge >= 0.3 is 0 Å². The van der Waals surface area contributed by atoms with E-state index in [0.717, 1.165) is 33.1 Å². The number of nitrogens with one attached hydrogen (secondary N) is 1. The van der Waals surface area contributed by atoms with Crippen LogP contribution in [0.25, 0.3) is 10.6 Å². The van der Waals surface area contributed by atoms with Gasteiger partial charge in [-0.2, -0.15) is 0 Å². The Morgan fingerprint density at radius 3 is 2.84 bits per heavy atom. The maximum Gasteiger partial charge on any atom is 0.148 e. The Morgan fingerprint density at radius 1 is 1.32 bits per heavy atom. The van der Waals surface area contributed by atoms with E-state index < -0.39 is 0 Å². The summed E-state index contributed by atoms with van der Waals surface area (Å²) in [6.45, 7) is 8.29. The molecule has 2 aromatic rings. The zero-order valence-electron chi connectivity index (χ0n) is 11.4. The fourth-order valence-corrected chi connectivity index (χ4v) is 2.98. The predicted octanol–water partition coefficient (Wildman–Crippen LogP) is 4.02. The van der Waals surface area contributed by atoms with Crippen LogP contribution in [0.2, 0.25) is 0 Å². The van der Waals surface area contributed by atoms with E-state index in [-0.39, 0.29) is 0 Å². The van der Waals surface area contributed by atoms with Crippen molar-refractivity contribution in [1.29, 1.82) is 0 Å². The van der Waals surface area contributed by atoms with Gasteiger partial charge in [0.2, 0.25) is 0 Å². The third-order valence-corrected chi connectivity index (χ3v) is 4.18. The lowest BCUT2D eigenvalue weighted by molar-refractivity contribution is 0.550. The first kappa shape index (κ1) is 14.6. The molecule has 1 N–H and O–H groups in total. The fourth-order valence-electron chi connectivity index (χ4n) is 1.73. The average molecular weight is 340 g/mol. The Balaban J connectivity index is 2.10. The SMILES string of the molecule is Cc1ccc(Br)cc1-c1nnc(CNCC(C)C)s1. The van der Waals surface area contributed by atoms with E-state index in [1.807, 2.05) is 6.07 Å². The van der Waals surface area contributed by atoms with Crippen LogP contribution in [0.1, 0.15) is 24.4 Å². The number of nitrogens with zero attached hydrogens (tertiary/aromatic N) is 2. The van der Waals surface area contributed by atoms with Gasteiger partial charge in [-0.05, 0) is 37.1 Å². The molecule has 102 valence electrons. The molecule has 0 saturated carbocycles. The summed E-state index contributed by atoms with van der Waals surface area (Å²) in [6.07, 6.45) is 0. The first-order chi connectivity index (χ1) is 9.06. The summed E-state index contributed by atoms with van der Waals surface area (Å²) in [5.74, 6) is 0.653. The van der Waals surface area contributed by atoms with Crippen molar-refractivity contribution in [3.05, 3.63) is 33.2 Å². The lowest BCUT2D eigenvalue weighted by Gasteiger charge is -2.04. The fraction of sp³-hybridized carbons (Fsp3) is 0.429. The Bertz CT molecular complexity index is 551. The smallest absolute Gasteiger partial charge is 0.148 e. The van der Waals surface area contributed by atoms with Crippen LogP contribution in [-0.4, -0.2) is 16.7 Å². The Morgan fingerprint density at radius 2 is 2.11 bits per heavy atom. The van der Waals surface area contributed by atoms with Crippen LogP contribution >= 0.6 is 27.3 Å². The molecule has 0 bridgehead atoms. The maximum absolute atomic E-state index is 4.29. The molecule has 2 rings (SSSR count). The lowest BCUT2D eigenvalue weighted by Crippen LogP contribution is -2.18. The van der Waals surface area contributed by atoms with Gasteiger partial charge in [-0.15, -0.1) is 10.2 Å². The largest absolute Gasteiger partial charge is 0.310 e. The van der Waals surface area contributed by atoms with Gasteiger partial charge in [0, 0.05) is 16.6 Å². The van der Waals surface area contributed by atoms with Crippen LogP contribution in [0.5, 0.6) is 0 Å². The minimum absolute atomic E-state index is 0.653. The number of benzene rings is 1. The molecular weight excluding hydrogens is 322 g/mol. The minimum atomic E-state index is 0.653. The maximum atomic E-state index is 4.29. The second-order valence-corrected chi connectivity index (χ2v) is 6.96. The molecule has 0 unspecified atom stereocenters. The number of hydrogen-bond acceptors (Lipinski definition) is 4. The second-order valence-electron chi connectivity index (χ2n) is 4.98. The highest BCUT2D eigenvalue weighted by Gasteiger charge is 2.09. The molecule has 0 radical (unpaired) electrons. The van der Waals surface area contributed by atoms with Gasteiger partial charge in [0.15, 0.2) is 0 Å². The van der Waals surface area contributed by atoms with Gasteiger partial charge in [-0.1, -0.05) is 47.2 Å². The Hall–Kier alpha value is -0.780. The standard InChI is InChI=1S/C14H18BrN3S/c1-9(2)7-16-8-13-17-18-14(19-13)12-6-11(15)5-4-10(12)3/h4-6,9,16H,7-8H2,1-3H3. The van der Waals surface area contributed by atoms with E-state index in [4.69, 9.17) is 0 Å². The van der Waals surface area contributed by atoms with Crippen molar-refractivity contribution in [2.75, 3.05) is 6.54 Å². The molecule has 0 aliphatic carbocycles. The zero-order chi connectivity index (χ0) is 13.8. The van der Waals surface area contributed by atoms with Gasteiger partial charge in [0.25, 0.3) is 0 Å². The van der Waals surface area contributed by atoms with E-state index in [1.54, 1.807) is 11.3 Å². The quantitative estimate of drug-likeness (QED) is 0.893.